The Morgan fingerprint density at radius 1 is 1.65 bits per heavy atom. The third kappa shape index (κ3) is 2.82. The van der Waals surface area contributed by atoms with Crippen LogP contribution in [-0.4, -0.2) is 57.4 Å². The maximum absolute atomic E-state index is 11.3. The molecule has 20 heavy (non-hydrogen) atoms. The van der Waals surface area contributed by atoms with E-state index in [0.717, 1.165) is 12.4 Å². The molecule has 1 fully saturated rings. The third-order valence-electron chi connectivity index (χ3n) is 3.39. The lowest BCUT2D eigenvalue weighted by atomic mass is 10.2. The largest absolute Gasteiger partial charge is 0.476 e. The highest BCUT2D eigenvalue weighted by Crippen LogP contribution is 2.20. The summed E-state index contributed by atoms with van der Waals surface area (Å²) in [5.41, 5.74) is 0.531. The van der Waals surface area contributed by atoms with Crippen LogP contribution in [0.4, 0.5) is 5.69 Å². The molecule has 110 valence electrons. The summed E-state index contributed by atoms with van der Waals surface area (Å²) in [6, 6.07) is 0.238. The molecule has 0 amide bonds. The smallest absolute Gasteiger partial charge is 0.356 e. The second-order valence-electron chi connectivity index (χ2n) is 4.78. The molecule has 7 nitrogen and oxygen atoms in total. The Kier molecular flexibility index (Phi) is 4.39. The summed E-state index contributed by atoms with van der Waals surface area (Å²) in [5, 5.41) is 13.3. The SMILES string of the molecule is CCn1ncc(N=C(C)N2CCOC[C@H]2C)c1C(=O)O. The van der Waals surface area contributed by atoms with Gasteiger partial charge in [-0.1, -0.05) is 0 Å². The second kappa shape index (κ2) is 6.04. The number of carboxylic acid groups (broad SMARTS) is 1. The first-order valence-corrected chi connectivity index (χ1v) is 6.73. The number of hydrogen-bond donors (Lipinski definition) is 1. The molecule has 0 unspecified atom stereocenters. The zero-order chi connectivity index (χ0) is 14.7. The van der Waals surface area contributed by atoms with E-state index in [1.54, 1.807) is 0 Å². The number of rotatable bonds is 3. The summed E-state index contributed by atoms with van der Waals surface area (Å²) in [6.07, 6.45) is 1.50. The van der Waals surface area contributed by atoms with Crippen LogP contribution < -0.4 is 0 Å². The highest BCUT2D eigenvalue weighted by Gasteiger charge is 2.22. The molecule has 0 bridgehead atoms. The van der Waals surface area contributed by atoms with Gasteiger partial charge < -0.3 is 14.7 Å². The summed E-state index contributed by atoms with van der Waals surface area (Å²) in [4.78, 5) is 17.9. The molecular weight excluding hydrogens is 260 g/mol. The third-order valence-corrected chi connectivity index (χ3v) is 3.39. The molecule has 0 radical (unpaired) electrons. The lowest BCUT2D eigenvalue weighted by Crippen LogP contribution is -2.46. The van der Waals surface area contributed by atoms with Crippen molar-refractivity contribution in [3.05, 3.63) is 11.9 Å². The number of aromatic nitrogens is 2. The van der Waals surface area contributed by atoms with Crippen molar-refractivity contribution in [1.29, 1.82) is 0 Å². The first-order chi connectivity index (χ1) is 9.54. The molecule has 1 saturated heterocycles. The number of hydrogen-bond acceptors (Lipinski definition) is 4. The van der Waals surface area contributed by atoms with Crippen molar-refractivity contribution in [2.24, 2.45) is 4.99 Å². The molecular formula is C13H20N4O3. The first-order valence-electron chi connectivity index (χ1n) is 6.73. The van der Waals surface area contributed by atoms with Gasteiger partial charge in [-0.3, -0.25) is 4.68 Å². The number of amidine groups is 1. The fraction of sp³-hybridized carbons (Fsp3) is 0.615. The van der Waals surface area contributed by atoms with Crippen molar-refractivity contribution in [2.75, 3.05) is 19.8 Å². The molecule has 1 aromatic heterocycles. The Morgan fingerprint density at radius 2 is 2.40 bits per heavy atom. The monoisotopic (exact) mass is 280 g/mol. The zero-order valence-electron chi connectivity index (χ0n) is 12.0. The molecule has 0 aromatic carbocycles. The van der Waals surface area contributed by atoms with E-state index in [-0.39, 0.29) is 11.7 Å². The fourth-order valence-corrected chi connectivity index (χ4v) is 2.36. The number of morpholine rings is 1. The molecule has 1 aromatic rings. The predicted octanol–water partition coefficient (Wildman–Crippen LogP) is 1.37. The Bertz CT molecular complexity index is 524. The number of carbonyl (C=O) groups is 1. The van der Waals surface area contributed by atoms with Crippen molar-refractivity contribution in [1.82, 2.24) is 14.7 Å². The number of carboxylic acids is 1. The van der Waals surface area contributed by atoms with Crippen LogP contribution in [0, 0.1) is 0 Å². The lowest BCUT2D eigenvalue weighted by molar-refractivity contribution is 0.0330. The van der Waals surface area contributed by atoms with Gasteiger partial charge in [-0.2, -0.15) is 5.10 Å². The number of aromatic carboxylic acids is 1. The van der Waals surface area contributed by atoms with Crippen molar-refractivity contribution in [3.8, 4) is 0 Å². The second-order valence-corrected chi connectivity index (χ2v) is 4.78. The highest BCUT2D eigenvalue weighted by atomic mass is 16.5. The normalized spacial score (nSPS) is 20.2. The summed E-state index contributed by atoms with van der Waals surface area (Å²) >= 11 is 0. The highest BCUT2D eigenvalue weighted by molar-refractivity contribution is 5.93. The Labute approximate surface area is 117 Å². The minimum absolute atomic E-state index is 0.132. The van der Waals surface area contributed by atoms with Gasteiger partial charge in [-0.25, -0.2) is 9.79 Å². The molecule has 0 spiro atoms. The van der Waals surface area contributed by atoms with Crippen LogP contribution in [0.1, 0.15) is 31.3 Å². The molecule has 1 aliphatic heterocycles. The number of aryl methyl sites for hydroxylation is 1. The van der Waals surface area contributed by atoms with Gasteiger partial charge in [0, 0.05) is 13.1 Å². The van der Waals surface area contributed by atoms with Gasteiger partial charge >= 0.3 is 5.97 Å². The van der Waals surface area contributed by atoms with Gasteiger partial charge in [0.1, 0.15) is 11.5 Å². The molecule has 0 saturated carbocycles. The van der Waals surface area contributed by atoms with Crippen LogP contribution in [0.15, 0.2) is 11.2 Å². The van der Waals surface area contributed by atoms with Crippen LogP contribution in [-0.2, 0) is 11.3 Å². The van der Waals surface area contributed by atoms with Gasteiger partial charge in [-0.05, 0) is 20.8 Å². The maximum atomic E-state index is 11.3. The summed E-state index contributed by atoms with van der Waals surface area (Å²) < 4.78 is 6.83. The van der Waals surface area contributed by atoms with E-state index >= 15 is 0 Å². The topological polar surface area (TPSA) is 80.0 Å². The van der Waals surface area contributed by atoms with E-state index in [1.807, 2.05) is 13.8 Å². The Morgan fingerprint density at radius 3 is 3.00 bits per heavy atom. The molecule has 0 aliphatic carbocycles. The van der Waals surface area contributed by atoms with E-state index in [2.05, 4.69) is 21.9 Å². The quantitative estimate of drug-likeness (QED) is 0.668. The number of nitrogens with zero attached hydrogens (tertiary/aromatic N) is 4. The number of aliphatic imine (C=N–C) groups is 1. The standard InChI is InChI=1S/C13H20N4O3/c1-4-17-12(13(18)19)11(7-14-17)15-10(3)16-5-6-20-8-9(16)2/h7,9H,4-6,8H2,1-3H3,(H,18,19)/t9-/m1/s1. The molecule has 1 atom stereocenters. The van der Waals surface area contributed by atoms with E-state index in [9.17, 15) is 9.90 Å². The van der Waals surface area contributed by atoms with Crippen LogP contribution in [0.5, 0.6) is 0 Å². The van der Waals surface area contributed by atoms with Crippen molar-refractivity contribution < 1.29 is 14.6 Å². The predicted molar refractivity (Wildman–Crippen MR) is 74.6 cm³/mol. The Hall–Kier alpha value is -1.89. The zero-order valence-corrected chi connectivity index (χ0v) is 12.0. The van der Waals surface area contributed by atoms with Gasteiger partial charge in [0.05, 0.1) is 25.5 Å². The van der Waals surface area contributed by atoms with Gasteiger partial charge in [0.15, 0.2) is 5.69 Å². The van der Waals surface area contributed by atoms with Gasteiger partial charge in [-0.15, -0.1) is 0 Å². The molecule has 1 N–H and O–H groups in total. The van der Waals surface area contributed by atoms with Crippen LogP contribution in [0.2, 0.25) is 0 Å². The summed E-state index contributed by atoms with van der Waals surface area (Å²) in [7, 11) is 0. The molecule has 1 aliphatic rings. The molecule has 2 heterocycles. The minimum atomic E-state index is -1.01. The first kappa shape index (κ1) is 14.5. The van der Waals surface area contributed by atoms with E-state index < -0.39 is 5.97 Å². The Balaban J connectivity index is 2.29. The van der Waals surface area contributed by atoms with Crippen molar-refractivity contribution in [3.63, 3.8) is 0 Å². The van der Waals surface area contributed by atoms with E-state index in [0.29, 0.717) is 25.4 Å². The summed E-state index contributed by atoms with van der Waals surface area (Å²) in [5.74, 6) is -0.218. The van der Waals surface area contributed by atoms with E-state index in [1.165, 1.54) is 10.9 Å². The van der Waals surface area contributed by atoms with Gasteiger partial charge in [0.25, 0.3) is 0 Å². The maximum Gasteiger partial charge on any atom is 0.356 e. The van der Waals surface area contributed by atoms with Crippen LogP contribution in [0.3, 0.4) is 0 Å². The van der Waals surface area contributed by atoms with Crippen molar-refractivity contribution >= 4 is 17.5 Å². The lowest BCUT2D eigenvalue weighted by Gasteiger charge is -2.34. The average Bonchev–Trinajstić information content (AvgIpc) is 2.82. The van der Waals surface area contributed by atoms with Crippen molar-refractivity contribution in [2.45, 2.75) is 33.4 Å². The van der Waals surface area contributed by atoms with E-state index in [4.69, 9.17) is 4.74 Å². The summed E-state index contributed by atoms with van der Waals surface area (Å²) in [6.45, 7) is 8.39. The molecule has 2 rings (SSSR count). The van der Waals surface area contributed by atoms with Crippen LogP contribution >= 0.6 is 0 Å². The molecule has 7 heteroatoms. The minimum Gasteiger partial charge on any atom is -0.476 e. The van der Waals surface area contributed by atoms with Gasteiger partial charge in [0.2, 0.25) is 0 Å². The fourth-order valence-electron chi connectivity index (χ4n) is 2.36. The average molecular weight is 280 g/mol. The number of ether oxygens (including phenoxy) is 1. The van der Waals surface area contributed by atoms with Crippen LogP contribution in [0.25, 0.3) is 0 Å².